The molecule has 4 rings (SSSR count). The van der Waals surface area contributed by atoms with E-state index in [1.54, 1.807) is 6.07 Å². The second kappa shape index (κ2) is 6.96. The van der Waals surface area contributed by atoms with E-state index in [4.69, 9.17) is 4.98 Å². The lowest BCUT2D eigenvalue weighted by atomic mass is 9.98. The lowest BCUT2D eigenvalue weighted by molar-refractivity contribution is 0.217. The molecule has 6 nitrogen and oxygen atoms in total. The molecule has 3 aromatic rings. The van der Waals surface area contributed by atoms with E-state index in [-0.39, 0.29) is 5.75 Å². The molecule has 1 aliphatic heterocycles. The summed E-state index contributed by atoms with van der Waals surface area (Å²) < 4.78 is 1.85. The maximum atomic E-state index is 10.2. The Morgan fingerprint density at radius 2 is 2.15 bits per heavy atom. The van der Waals surface area contributed by atoms with Gasteiger partial charge in [-0.25, -0.2) is 4.98 Å². The second-order valence-electron chi connectivity index (χ2n) is 7.26. The van der Waals surface area contributed by atoms with Crippen molar-refractivity contribution in [3.63, 3.8) is 0 Å². The molecule has 0 saturated carbocycles. The van der Waals surface area contributed by atoms with Crippen molar-refractivity contribution in [1.29, 1.82) is 0 Å². The highest BCUT2D eigenvalue weighted by atomic mass is 16.3. The molecule has 0 bridgehead atoms. The molecule has 136 valence electrons. The molecule has 0 spiro atoms. The van der Waals surface area contributed by atoms with Crippen LogP contribution in [-0.4, -0.2) is 51.3 Å². The van der Waals surface area contributed by atoms with Gasteiger partial charge in [0, 0.05) is 30.3 Å². The summed E-state index contributed by atoms with van der Waals surface area (Å²) in [7, 11) is 2.18. The van der Waals surface area contributed by atoms with E-state index in [9.17, 15) is 5.11 Å². The molecule has 2 N–H and O–H groups in total. The molecule has 0 amide bonds. The second-order valence-corrected chi connectivity index (χ2v) is 7.26. The van der Waals surface area contributed by atoms with E-state index in [0.29, 0.717) is 5.92 Å². The Bertz CT molecular complexity index is 920. The number of anilines is 1. The van der Waals surface area contributed by atoms with Crippen LogP contribution in [0, 0.1) is 12.8 Å². The third kappa shape index (κ3) is 3.24. The zero-order chi connectivity index (χ0) is 18.1. The van der Waals surface area contributed by atoms with Crippen LogP contribution in [0.3, 0.4) is 0 Å². The quantitative estimate of drug-likeness (QED) is 0.756. The number of aryl methyl sites for hydroxylation is 1. The normalized spacial score (nSPS) is 18.3. The van der Waals surface area contributed by atoms with Crippen molar-refractivity contribution in [1.82, 2.24) is 19.5 Å². The van der Waals surface area contributed by atoms with E-state index in [1.165, 1.54) is 19.4 Å². The van der Waals surface area contributed by atoms with Crippen molar-refractivity contribution in [2.45, 2.75) is 19.8 Å². The summed E-state index contributed by atoms with van der Waals surface area (Å²) in [6, 6.07) is 9.28. The predicted molar refractivity (Wildman–Crippen MR) is 104 cm³/mol. The molecular formula is C20H25N5O. The number of aromatic nitrogens is 3. The van der Waals surface area contributed by atoms with Crippen molar-refractivity contribution in [2.75, 3.05) is 32.0 Å². The maximum absolute atomic E-state index is 10.2. The number of nitrogens with zero attached hydrogens (tertiary/aromatic N) is 4. The van der Waals surface area contributed by atoms with Crippen molar-refractivity contribution in [2.24, 2.45) is 5.92 Å². The monoisotopic (exact) mass is 351 g/mol. The van der Waals surface area contributed by atoms with Crippen LogP contribution < -0.4 is 5.32 Å². The predicted octanol–water partition coefficient (Wildman–Crippen LogP) is 3.16. The minimum atomic E-state index is 0.237. The molecule has 0 radical (unpaired) electrons. The fraction of sp³-hybridized carbons (Fsp3) is 0.400. The summed E-state index contributed by atoms with van der Waals surface area (Å²) in [6.45, 7) is 5.21. The Labute approximate surface area is 153 Å². The van der Waals surface area contributed by atoms with Crippen LogP contribution >= 0.6 is 0 Å². The average molecular weight is 351 g/mol. The number of hydrogen-bond acceptors (Lipinski definition) is 5. The fourth-order valence-electron chi connectivity index (χ4n) is 3.72. The molecule has 6 heteroatoms. The number of para-hydroxylation sites is 1. The van der Waals surface area contributed by atoms with Crippen LogP contribution in [0.25, 0.3) is 16.9 Å². The molecule has 26 heavy (non-hydrogen) atoms. The van der Waals surface area contributed by atoms with Gasteiger partial charge in [-0.2, -0.15) is 9.61 Å². The van der Waals surface area contributed by atoms with E-state index in [0.717, 1.165) is 41.4 Å². The summed E-state index contributed by atoms with van der Waals surface area (Å²) in [4.78, 5) is 7.12. The number of likely N-dealkylation sites (tertiary alicyclic amines) is 1. The van der Waals surface area contributed by atoms with Crippen LogP contribution in [-0.2, 0) is 0 Å². The first kappa shape index (κ1) is 16.8. The van der Waals surface area contributed by atoms with Gasteiger partial charge in [0.1, 0.15) is 11.6 Å². The summed E-state index contributed by atoms with van der Waals surface area (Å²) >= 11 is 0. The number of rotatable bonds is 4. The Balaban J connectivity index is 1.68. The smallest absolute Gasteiger partial charge is 0.160 e. The van der Waals surface area contributed by atoms with E-state index >= 15 is 0 Å². The number of piperidine rings is 1. The number of hydrogen-bond donors (Lipinski definition) is 2. The summed E-state index contributed by atoms with van der Waals surface area (Å²) in [5.41, 5.74) is 3.32. The molecule has 1 aliphatic rings. The fourth-order valence-corrected chi connectivity index (χ4v) is 3.72. The zero-order valence-electron chi connectivity index (χ0n) is 15.3. The van der Waals surface area contributed by atoms with E-state index in [2.05, 4.69) is 22.4 Å². The van der Waals surface area contributed by atoms with Crippen molar-refractivity contribution >= 4 is 11.5 Å². The lowest BCUT2D eigenvalue weighted by Gasteiger charge is -2.30. The molecule has 1 aromatic carbocycles. The highest BCUT2D eigenvalue weighted by Crippen LogP contribution is 2.30. The van der Waals surface area contributed by atoms with Gasteiger partial charge >= 0.3 is 0 Å². The van der Waals surface area contributed by atoms with Crippen LogP contribution in [0.15, 0.2) is 36.5 Å². The van der Waals surface area contributed by atoms with Gasteiger partial charge in [0.2, 0.25) is 0 Å². The minimum Gasteiger partial charge on any atom is -0.507 e. The Morgan fingerprint density at radius 1 is 1.31 bits per heavy atom. The first-order valence-electron chi connectivity index (χ1n) is 9.18. The summed E-state index contributed by atoms with van der Waals surface area (Å²) in [6.07, 6.45) is 4.32. The molecule has 1 unspecified atom stereocenters. The van der Waals surface area contributed by atoms with Gasteiger partial charge in [0.25, 0.3) is 0 Å². The Morgan fingerprint density at radius 3 is 2.96 bits per heavy atom. The first-order chi connectivity index (χ1) is 12.6. The van der Waals surface area contributed by atoms with Gasteiger partial charge in [-0.3, -0.25) is 0 Å². The van der Waals surface area contributed by atoms with Gasteiger partial charge in [0.05, 0.1) is 11.9 Å². The minimum absolute atomic E-state index is 0.237. The largest absolute Gasteiger partial charge is 0.507 e. The highest BCUT2D eigenvalue weighted by molar-refractivity contribution is 5.72. The molecule has 2 aromatic heterocycles. The van der Waals surface area contributed by atoms with Gasteiger partial charge in [-0.15, -0.1) is 0 Å². The SMILES string of the molecule is Cc1cnn2c(NCC3CCCN(C)C3)cc(-c3ccccc3O)nc12. The average Bonchev–Trinajstić information content (AvgIpc) is 3.01. The van der Waals surface area contributed by atoms with Gasteiger partial charge in [0.15, 0.2) is 5.65 Å². The van der Waals surface area contributed by atoms with E-state index in [1.807, 2.05) is 41.9 Å². The molecule has 3 heterocycles. The number of benzene rings is 1. The standard InChI is InChI=1S/C20H25N5O/c1-14-11-22-25-19(21-12-15-6-5-9-24(2)13-15)10-17(23-20(14)25)16-7-3-4-8-18(16)26/h3-4,7-8,10-11,15,21,26H,5-6,9,12-13H2,1-2H3. The maximum Gasteiger partial charge on any atom is 0.160 e. The molecule has 1 atom stereocenters. The molecule has 0 aliphatic carbocycles. The van der Waals surface area contributed by atoms with Crippen LogP contribution in [0.5, 0.6) is 5.75 Å². The number of nitrogens with one attached hydrogen (secondary N) is 1. The molecular weight excluding hydrogens is 326 g/mol. The van der Waals surface area contributed by atoms with Crippen LogP contribution in [0.2, 0.25) is 0 Å². The van der Waals surface area contributed by atoms with E-state index < -0.39 is 0 Å². The van der Waals surface area contributed by atoms with Crippen LogP contribution in [0.1, 0.15) is 18.4 Å². The van der Waals surface area contributed by atoms with Crippen molar-refractivity contribution < 1.29 is 5.11 Å². The highest BCUT2D eigenvalue weighted by Gasteiger charge is 2.18. The summed E-state index contributed by atoms with van der Waals surface area (Å²) in [5.74, 6) is 1.78. The Hall–Kier alpha value is -2.60. The number of aromatic hydroxyl groups is 1. The molecule has 1 fully saturated rings. The topological polar surface area (TPSA) is 65.7 Å². The third-order valence-electron chi connectivity index (χ3n) is 5.12. The number of phenols is 1. The van der Waals surface area contributed by atoms with Gasteiger partial charge in [-0.1, -0.05) is 12.1 Å². The third-order valence-corrected chi connectivity index (χ3v) is 5.12. The summed E-state index contributed by atoms with van der Waals surface area (Å²) in [5, 5.41) is 18.3. The van der Waals surface area contributed by atoms with Crippen molar-refractivity contribution in [3.05, 3.63) is 42.1 Å². The number of fused-ring (bicyclic) bond motifs is 1. The molecule has 1 saturated heterocycles. The van der Waals surface area contributed by atoms with Crippen molar-refractivity contribution in [3.8, 4) is 17.0 Å². The Kier molecular flexibility index (Phi) is 4.51. The number of phenolic OH excluding ortho intramolecular Hbond substituents is 1. The first-order valence-corrected chi connectivity index (χ1v) is 9.18. The lowest BCUT2D eigenvalue weighted by Crippen LogP contribution is -2.35. The zero-order valence-corrected chi connectivity index (χ0v) is 15.3. The van der Waals surface area contributed by atoms with Gasteiger partial charge in [-0.05, 0) is 51.4 Å². The van der Waals surface area contributed by atoms with Gasteiger partial charge < -0.3 is 15.3 Å². The van der Waals surface area contributed by atoms with Crippen LogP contribution in [0.4, 0.5) is 5.82 Å².